The molecule has 0 saturated carbocycles. The van der Waals surface area contributed by atoms with Crippen LogP contribution in [-0.2, 0) is 23.7 Å². The second kappa shape index (κ2) is 57.6. The Morgan fingerprint density at radius 1 is 0.407 bits per heavy atom. The quantitative estimate of drug-likeness (QED) is 0.0204. The monoisotopic (exact) mass is 1230 g/mol. The lowest BCUT2D eigenvalue weighted by atomic mass is 9.97. The Bertz CT molecular complexity index is 1490. The highest BCUT2D eigenvalue weighted by Crippen LogP contribution is 2.30. The van der Waals surface area contributed by atoms with Gasteiger partial charge in [-0.3, -0.25) is 4.79 Å². The van der Waals surface area contributed by atoms with Gasteiger partial charge in [-0.2, -0.15) is 0 Å². The van der Waals surface area contributed by atoms with E-state index < -0.39 is 86.8 Å². The van der Waals surface area contributed by atoms with Crippen LogP contribution in [0.1, 0.15) is 348 Å². The van der Waals surface area contributed by atoms with Gasteiger partial charge in [0.25, 0.3) is 0 Å². The molecule has 2 saturated heterocycles. The predicted molar refractivity (Wildman–Crippen MR) is 351 cm³/mol. The highest BCUT2D eigenvalue weighted by atomic mass is 16.7. The van der Waals surface area contributed by atoms with E-state index in [9.17, 15) is 45.6 Å². The average Bonchev–Trinajstić information content (AvgIpc) is 2.46. The summed E-state index contributed by atoms with van der Waals surface area (Å²) >= 11 is 0. The summed E-state index contributed by atoms with van der Waals surface area (Å²) < 4.78 is 22.9. The maximum Gasteiger partial charge on any atom is 0.220 e. The van der Waals surface area contributed by atoms with Crippen molar-refractivity contribution in [2.75, 3.05) is 19.8 Å². The number of nitrogens with one attached hydrogen (secondary N) is 1. The summed E-state index contributed by atoms with van der Waals surface area (Å²) in [6.45, 7) is 2.91. The zero-order chi connectivity index (χ0) is 62.3. The Balaban J connectivity index is 1.62. The molecule has 1 amide bonds. The molecule has 12 unspecified atom stereocenters. The first kappa shape index (κ1) is 80.8. The van der Waals surface area contributed by atoms with Crippen molar-refractivity contribution in [2.45, 2.75) is 421 Å². The molecular formula is C72H139NO13. The zero-order valence-corrected chi connectivity index (χ0v) is 55.6. The molecule has 0 aromatic heterocycles. The van der Waals surface area contributed by atoms with Crippen molar-refractivity contribution in [3.8, 4) is 0 Å². The summed E-state index contributed by atoms with van der Waals surface area (Å²) in [6, 6.07) is -0.828. The van der Waals surface area contributed by atoms with Crippen molar-refractivity contribution >= 4 is 5.91 Å². The van der Waals surface area contributed by atoms with Gasteiger partial charge in [0.15, 0.2) is 12.6 Å². The Morgan fingerprint density at radius 2 is 0.733 bits per heavy atom. The van der Waals surface area contributed by atoms with E-state index in [-0.39, 0.29) is 12.5 Å². The van der Waals surface area contributed by atoms with E-state index in [0.717, 1.165) is 51.4 Å². The number of hydrogen-bond acceptors (Lipinski definition) is 13. The first-order chi connectivity index (χ1) is 42.1. The summed E-state index contributed by atoms with van der Waals surface area (Å²) in [5, 5.41) is 87.6. The first-order valence-corrected chi connectivity index (χ1v) is 36.9. The first-order valence-electron chi connectivity index (χ1n) is 36.9. The van der Waals surface area contributed by atoms with Crippen LogP contribution in [0.5, 0.6) is 0 Å². The highest BCUT2D eigenvalue weighted by Gasteiger charge is 2.51. The number of unbranched alkanes of at least 4 members (excludes halogenated alkanes) is 47. The van der Waals surface area contributed by atoms with Crippen molar-refractivity contribution in [3.63, 3.8) is 0 Å². The third-order valence-electron chi connectivity index (χ3n) is 18.5. The summed E-state index contributed by atoms with van der Waals surface area (Å²) in [4.78, 5) is 13.3. The fourth-order valence-corrected chi connectivity index (χ4v) is 12.6. The molecule has 0 spiro atoms. The minimum absolute atomic E-state index is 0.203. The molecule has 2 rings (SSSR count). The van der Waals surface area contributed by atoms with E-state index in [2.05, 4.69) is 31.3 Å². The van der Waals surface area contributed by atoms with Crippen LogP contribution < -0.4 is 5.32 Å². The molecule has 2 heterocycles. The number of carbonyl (C=O) groups excluding carboxylic acids is 1. The molecule has 14 nitrogen and oxygen atoms in total. The van der Waals surface area contributed by atoms with Crippen LogP contribution in [0.3, 0.4) is 0 Å². The molecule has 0 aromatic rings. The number of ether oxygens (including phenoxy) is 4. The van der Waals surface area contributed by atoms with E-state index in [4.69, 9.17) is 18.9 Å². The SMILES string of the molecule is CCCCCCCC/C=C\CCCCCCCCCCCC(=O)NC(COC1OC(CO)C(OC2OC(CO)C(O)C(O)C2O)C(O)C1O)C(O)CCCCCCCCCCCCCCCCCCCCCCCCCCCCCCCCCCC. The zero-order valence-electron chi connectivity index (χ0n) is 55.6. The number of carbonyl (C=O) groups is 1. The van der Waals surface area contributed by atoms with E-state index >= 15 is 0 Å². The predicted octanol–water partition coefficient (Wildman–Crippen LogP) is 15.4. The number of hydrogen-bond donors (Lipinski definition) is 9. The molecule has 0 bridgehead atoms. The van der Waals surface area contributed by atoms with E-state index in [0.29, 0.717) is 12.8 Å². The molecule has 0 aliphatic carbocycles. The molecular weight excluding hydrogens is 1090 g/mol. The summed E-state index contributed by atoms with van der Waals surface area (Å²) in [5.74, 6) is -0.203. The molecule has 0 aromatic carbocycles. The fourth-order valence-electron chi connectivity index (χ4n) is 12.6. The summed E-state index contributed by atoms with van der Waals surface area (Å²) in [5.41, 5.74) is 0. The fraction of sp³-hybridized carbons (Fsp3) is 0.958. The van der Waals surface area contributed by atoms with Crippen molar-refractivity contribution in [1.82, 2.24) is 5.32 Å². The van der Waals surface area contributed by atoms with Crippen LogP contribution in [-0.4, -0.2) is 140 Å². The second-order valence-electron chi connectivity index (χ2n) is 26.4. The van der Waals surface area contributed by atoms with Crippen LogP contribution in [0.4, 0.5) is 0 Å². The van der Waals surface area contributed by atoms with Crippen molar-refractivity contribution in [2.24, 2.45) is 0 Å². The van der Waals surface area contributed by atoms with E-state index in [1.165, 1.54) is 270 Å². The third kappa shape index (κ3) is 41.3. The number of aliphatic hydroxyl groups excluding tert-OH is 8. The number of allylic oxidation sites excluding steroid dienone is 2. The standard InChI is InChI=1S/C72H139NO13/c1-3-5-7-9-11-13-15-17-19-21-23-24-25-26-27-28-29-30-31-32-33-34-35-36-38-39-41-43-45-47-49-51-53-55-61(76)60(73-64(77)56-54-52-50-48-46-44-42-40-37-22-20-18-16-14-12-10-8-6-4-2)59-83-71-69(82)67(80)70(63(58-75)85-71)86-72-68(81)66(79)65(78)62(57-74)84-72/h18,20,60-63,65-72,74-76,78-82H,3-17,19,21-59H2,1-2H3,(H,73,77)/b20-18-. The average molecular weight is 1230 g/mol. The second-order valence-corrected chi connectivity index (χ2v) is 26.4. The van der Waals surface area contributed by atoms with Gasteiger partial charge in [0.2, 0.25) is 5.91 Å². The maximum atomic E-state index is 13.3. The van der Waals surface area contributed by atoms with Crippen LogP contribution in [0, 0.1) is 0 Å². The summed E-state index contributed by atoms with van der Waals surface area (Å²) in [6.07, 6.45) is 53.9. The lowest BCUT2D eigenvalue weighted by Crippen LogP contribution is -2.65. The van der Waals surface area contributed by atoms with Gasteiger partial charge in [0.05, 0.1) is 32.0 Å². The largest absolute Gasteiger partial charge is 0.394 e. The molecule has 86 heavy (non-hydrogen) atoms. The molecule has 12 atom stereocenters. The number of aliphatic hydroxyl groups is 8. The van der Waals surface area contributed by atoms with Crippen LogP contribution >= 0.6 is 0 Å². The van der Waals surface area contributed by atoms with Gasteiger partial charge in [0.1, 0.15) is 48.8 Å². The molecule has 14 heteroatoms. The Kier molecular flexibility index (Phi) is 54.1. The lowest BCUT2D eigenvalue weighted by Gasteiger charge is -2.46. The maximum absolute atomic E-state index is 13.3. The minimum Gasteiger partial charge on any atom is -0.394 e. The van der Waals surface area contributed by atoms with Crippen LogP contribution in [0.2, 0.25) is 0 Å². The van der Waals surface area contributed by atoms with E-state index in [1.807, 2.05) is 0 Å². The van der Waals surface area contributed by atoms with Crippen LogP contribution in [0.25, 0.3) is 0 Å². The highest BCUT2D eigenvalue weighted by molar-refractivity contribution is 5.76. The topological polar surface area (TPSA) is 228 Å². The van der Waals surface area contributed by atoms with Crippen molar-refractivity contribution in [3.05, 3.63) is 12.2 Å². The molecule has 2 aliphatic rings. The Morgan fingerprint density at radius 3 is 1.10 bits per heavy atom. The van der Waals surface area contributed by atoms with Gasteiger partial charge >= 0.3 is 0 Å². The molecule has 2 fully saturated rings. The normalized spacial score (nSPS) is 23.4. The minimum atomic E-state index is -1.78. The van der Waals surface area contributed by atoms with Gasteiger partial charge in [-0.05, 0) is 38.5 Å². The molecule has 2 aliphatic heterocycles. The van der Waals surface area contributed by atoms with E-state index in [1.54, 1.807) is 0 Å². The molecule has 0 radical (unpaired) electrons. The Hall–Kier alpha value is -1.27. The van der Waals surface area contributed by atoms with Gasteiger partial charge in [0, 0.05) is 6.42 Å². The number of amides is 1. The molecule has 510 valence electrons. The van der Waals surface area contributed by atoms with Crippen molar-refractivity contribution < 1.29 is 64.6 Å². The van der Waals surface area contributed by atoms with Gasteiger partial charge in [-0.15, -0.1) is 0 Å². The van der Waals surface area contributed by atoms with Crippen molar-refractivity contribution in [1.29, 1.82) is 0 Å². The lowest BCUT2D eigenvalue weighted by molar-refractivity contribution is -0.359. The molecule has 9 N–H and O–H groups in total. The smallest absolute Gasteiger partial charge is 0.220 e. The summed E-state index contributed by atoms with van der Waals surface area (Å²) in [7, 11) is 0. The number of rotatable bonds is 62. The van der Waals surface area contributed by atoms with Gasteiger partial charge < -0.3 is 65.1 Å². The third-order valence-corrected chi connectivity index (χ3v) is 18.5. The van der Waals surface area contributed by atoms with Crippen LogP contribution in [0.15, 0.2) is 12.2 Å². The Labute approximate surface area is 526 Å². The van der Waals surface area contributed by atoms with Gasteiger partial charge in [-0.1, -0.05) is 315 Å². The van der Waals surface area contributed by atoms with Gasteiger partial charge in [-0.25, -0.2) is 0 Å².